The number of nitrogens with zero attached hydrogens (tertiary/aromatic N) is 2. The van der Waals surface area contributed by atoms with Crippen molar-refractivity contribution in [2.75, 3.05) is 37.7 Å². The summed E-state index contributed by atoms with van der Waals surface area (Å²) in [6.45, 7) is 5.25. The maximum atomic E-state index is 12.1. The molecule has 1 saturated heterocycles. The first kappa shape index (κ1) is 18.5. The van der Waals surface area contributed by atoms with Gasteiger partial charge in [0.05, 0.1) is 6.61 Å². The smallest absolute Gasteiger partial charge is 0.257 e. The Bertz CT molecular complexity index is 676. The molecule has 1 atom stereocenters. The Kier molecular flexibility index (Phi) is 6.71. The molecule has 1 aliphatic heterocycles. The first-order chi connectivity index (χ1) is 12.7. The van der Waals surface area contributed by atoms with Crippen LogP contribution in [-0.4, -0.2) is 43.7 Å². The zero-order valence-electron chi connectivity index (χ0n) is 15.0. The Hall–Kier alpha value is -2.28. The summed E-state index contributed by atoms with van der Waals surface area (Å²) in [7, 11) is 0. The van der Waals surface area contributed by atoms with E-state index in [1.807, 2.05) is 42.8 Å². The van der Waals surface area contributed by atoms with E-state index in [9.17, 15) is 4.79 Å². The third-order valence-corrected chi connectivity index (χ3v) is 5.13. The fourth-order valence-corrected chi connectivity index (χ4v) is 3.71. The molecule has 1 unspecified atom stereocenters. The number of rotatable bonds is 8. The number of carbonyl (C=O) groups excluding carboxylic acids is 1. The van der Waals surface area contributed by atoms with Crippen LogP contribution in [0.5, 0.6) is 11.5 Å². The number of nitrogens with one attached hydrogen (secondary N) is 1. The van der Waals surface area contributed by atoms with Crippen LogP contribution in [0.25, 0.3) is 0 Å². The van der Waals surface area contributed by atoms with Gasteiger partial charge in [0.1, 0.15) is 11.5 Å². The van der Waals surface area contributed by atoms with Crippen LogP contribution < -0.4 is 19.7 Å². The van der Waals surface area contributed by atoms with Crippen LogP contribution in [0.4, 0.5) is 5.13 Å². The standard InChI is InChI=1S/C19H25N3O3S/c1-2-24-16-5-7-17(8-6-16)25-14-18(23)21-12-15-4-3-10-22(13-15)19-20-9-11-26-19/h5-9,11,15H,2-4,10,12-14H2,1H3,(H,21,23). The number of benzene rings is 1. The van der Waals surface area contributed by atoms with Gasteiger partial charge in [-0.15, -0.1) is 11.3 Å². The van der Waals surface area contributed by atoms with Gasteiger partial charge in [0.15, 0.2) is 11.7 Å². The summed E-state index contributed by atoms with van der Waals surface area (Å²) in [6, 6.07) is 7.30. The number of amides is 1. The molecule has 26 heavy (non-hydrogen) atoms. The van der Waals surface area contributed by atoms with Crippen molar-refractivity contribution in [3.05, 3.63) is 35.8 Å². The normalized spacial score (nSPS) is 17.0. The first-order valence-corrected chi connectivity index (χ1v) is 9.89. The summed E-state index contributed by atoms with van der Waals surface area (Å²) in [5, 5.41) is 6.06. The minimum Gasteiger partial charge on any atom is -0.494 e. The Balaban J connectivity index is 1.38. The van der Waals surface area contributed by atoms with Gasteiger partial charge in [0, 0.05) is 31.2 Å². The largest absolute Gasteiger partial charge is 0.494 e. The van der Waals surface area contributed by atoms with Crippen molar-refractivity contribution in [1.29, 1.82) is 0 Å². The number of anilines is 1. The van der Waals surface area contributed by atoms with Crippen molar-refractivity contribution in [3.8, 4) is 11.5 Å². The van der Waals surface area contributed by atoms with Gasteiger partial charge in [-0.2, -0.15) is 0 Å². The molecule has 7 heteroatoms. The van der Waals surface area contributed by atoms with Crippen molar-refractivity contribution in [2.45, 2.75) is 19.8 Å². The van der Waals surface area contributed by atoms with Crippen molar-refractivity contribution < 1.29 is 14.3 Å². The molecule has 2 aromatic rings. The molecule has 1 amide bonds. The maximum Gasteiger partial charge on any atom is 0.257 e. The number of hydrogen-bond acceptors (Lipinski definition) is 6. The second-order valence-electron chi connectivity index (χ2n) is 6.27. The van der Waals surface area contributed by atoms with Crippen molar-refractivity contribution in [3.63, 3.8) is 0 Å². The molecule has 0 saturated carbocycles. The lowest BCUT2D eigenvalue weighted by Crippen LogP contribution is -2.41. The molecular formula is C19H25N3O3S. The molecule has 2 heterocycles. The van der Waals surface area contributed by atoms with E-state index in [-0.39, 0.29) is 12.5 Å². The van der Waals surface area contributed by atoms with E-state index in [4.69, 9.17) is 9.47 Å². The zero-order valence-corrected chi connectivity index (χ0v) is 15.8. The molecule has 1 fully saturated rings. The average Bonchev–Trinajstić information content (AvgIpc) is 3.21. The number of ether oxygens (including phenoxy) is 2. The van der Waals surface area contributed by atoms with Gasteiger partial charge in [-0.05, 0) is 49.9 Å². The van der Waals surface area contributed by atoms with Gasteiger partial charge in [-0.1, -0.05) is 0 Å². The number of piperidine rings is 1. The first-order valence-electron chi connectivity index (χ1n) is 9.01. The predicted molar refractivity (Wildman–Crippen MR) is 103 cm³/mol. The second kappa shape index (κ2) is 9.43. The Morgan fingerprint density at radius 1 is 1.31 bits per heavy atom. The monoisotopic (exact) mass is 375 g/mol. The fraction of sp³-hybridized carbons (Fsp3) is 0.474. The van der Waals surface area contributed by atoms with Gasteiger partial charge in [0.2, 0.25) is 0 Å². The summed E-state index contributed by atoms with van der Waals surface area (Å²) in [4.78, 5) is 18.7. The number of aromatic nitrogens is 1. The average molecular weight is 375 g/mol. The number of thiazole rings is 1. The summed E-state index contributed by atoms with van der Waals surface area (Å²) < 4.78 is 10.9. The summed E-state index contributed by atoms with van der Waals surface area (Å²) >= 11 is 1.66. The summed E-state index contributed by atoms with van der Waals surface area (Å²) in [6.07, 6.45) is 4.09. The topological polar surface area (TPSA) is 63.7 Å². The minimum atomic E-state index is -0.0924. The van der Waals surface area contributed by atoms with Crippen LogP contribution in [0.1, 0.15) is 19.8 Å². The maximum absolute atomic E-state index is 12.1. The van der Waals surface area contributed by atoms with Crippen molar-refractivity contribution in [1.82, 2.24) is 10.3 Å². The highest BCUT2D eigenvalue weighted by atomic mass is 32.1. The third kappa shape index (κ3) is 5.36. The van der Waals surface area contributed by atoms with Crippen LogP contribution in [0.15, 0.2) is 35.8 Å². The van der Waals surface area contributed by atoms with Crippen molar-refractivity contribution in [2.24, 2.45) is 5.92 Å². The number of hydrogen-bond donors (Lipinski definition) is 1. The second-order valence-corrected chi connectivity index (χ2v) is 7.14. The van der Waals surface area contributed by atoms with Gasteiger partial charge >= 0.3 is 0 Å². The van der Waals surface area contributed by atoms with E-state index in [1.54, 1.807) is 11.3 Å². The van der Waals surface area contributed by atoms with Crippen LogP contribution >= 0.6 is 11.3 Å². The van der Waals surface area contributed by atoms with Gasteiger partial charge in [-0.3, -0.25) is 4.79 Å². The predicted octanol–water partition coefficient (Wildman–Crippen LogP) is 2.95. The van der Waals surface area contributed by atoms with Crippen LogP contribution in [-0.2, 0) is 4.79 Å². The lowest BCUT2D eigenvalue weighted by Gasteiger charge is -2.32. The van der Waals surface area contributed by atoms with Crippen LogP contribution in [0.3, 0.4) is 0 Å². The fourth-order valence-electron chi connectivity index (χ4n) is 3.03. The van der Waals surface area contributed by atoms with Crippen LogP contribution in [0.2, 0.25) is 0 Å². The highest BCUT2D eigenvalue weighted by Crippen LogP contribution is 2.24. The SMILES string of the molecule is CCOc1ccc(OCC(=O)NCC2CCCN(c3nccs3)C2)cc1. The van der Waals surface area contributed by atoms with Gasteiger partial charge in [0.25, 0.3) is 5.91 Å². The van der Waals surface area contributed by atoms with E-state index in [1.165, 1.54) is 0 Å². The minimum absolute atomic E-state index is 0.0247. The van der Waals surface area contributed by atoms with Crippen LogP contribution in [0, 0.1) is 5.92 Å². The summed E-state index contributed by atoms with van der Waals surface area (Å²) in [5.74, 6) is 1.81. The molecule has 0 spiro atoms. The molecular weight excluding hydrogens is 350 g/mol. The molecule has 1 aromatic heterocycles. The third-order valence-electron chi connectivity index (χ3n) is 4.30. The molecule has 140 valence electrons. The molecule has 1 aromatic carbocycles. The molecule has 1 aliphatic rings. The lowest BCUT2D eigenvalue weighted by molar-refractivity contribution is -0.123. The highest BCUT2D eigenvalue weighted by molar-refractivity contribution is 7.13. The molecule has 0 radical (unpaired) electrons. The Labute approximate surface area is 158 Å². The lowest BCUT2D eigenvalue weighted by atomic mass is 9.98. The highest BCUT2D eigenvalue weighted by Gasteiger charge is 2.21. The van der Waals surface area contributed by atoms with Gasteiger partial charge in [-0.25, -0.2) is 4.98 Å². The molecule has 0 bridgehead atoms. The Morgan fingerprint density at radius 2 is 2.08 bits per heavy atom. The molecule has 1 N–H and O–H groups in total. The molecule has 3 rings (SSSR count). The van der Waals surface area contributed by atoms with E-state index in [2.05, 4.69) is 15.2 Å². The summed E-state index contributed by atoms with van der Waals surface area (Å²) in [5.41, 5.74) is 0. The van der Waals surface area contributed by atoms with E-state index in [0.29, 0.717) is 24.8 Å². The zero-order chi connectivity index (χ0) is 18.2. The Morgan fingerprint density at radius 3 is 2.77 bits per heavy atom. The van der Waals surface area contributed by atoms with E-state index < -0.39 is 0 Å². The molecule has 0 aliphatic carbocycles. The van der Waals surface area contributed by atoms with E-state index >= 15 is 0 Å². The van der Waals surface area contributed by atoms with E-state index in [0.717, 1.165) is 36.8 Å². The number of carbonyl (C=O) groups is 1. The van der Waals surface area contributed by atoms with Gasteiger partial charge < -0.3 is 19.7 Å². The molecule has 6 nitrogen and oxygen atoms in total. The van der Waals surface area contributed by atoms with Crippen molar-refractivity contribution >= 4 is 22.4 Å². The quantitative estimate of drug-likeness (QED) is 0.769.